The Hall–Kier alpha value is -1.24. The van der Waals surface area contributed by atoms with Gasteiger partial charge in [0.15, 0.2) is 0 Å². The molecule has 7 heteroatoms. The molecule has 1 rings (SSSR count). The van der Waals surface area contributed by atoms with E-state index in [-0.39, 0.29) is 6.04 Å². The van der Waals surface area contributed by atoms with Gasteiger partial charge in [-0.3, -0.25) is 0 Å². The van der Waals surface area contributed by atoms with Crippen LogP contribution >= 0.6 is 11.3 Å². The van der Waals surface area contributed by atoms with Crippen LogP contribution in [0.25, 0.3) is 0 Å². The van der Waals surface area contributed by atoms with Gasteiger partial charge in [-0.15, -0.1) is 11.3 Å². The molecule has 0 spiro atoms. The second-order valence-corrected chi connectivity index (χ2v) is 4.40. The van der Waals surface area contributed by atoms with Crippen LogP contribution in [0, 0.1) is 0 Å². The molecule has 3 nitrogen and oxygen atoms in total. The second-order valence-electron chi connectivity index (χ2n) is 3.42. The number of urea groups is 1. The third-order valence-corrected chi connectivity index (χ3v) is 3.04. The van der Waals surface area contributed by atoms with Crippen LogP contribution in [0.2, 0.25) is 0 Å². The molecule has 2 amide bonds. The molecular formula is C10H13F3N2OS. The Morgan fingerprint density at radius 3 is 2.71 bits per heavy atom. The zero-order valence-corrected chi connectivity index (χ0v) is 9.99. The van der Waals surface area contributed by atoms with Gasteiger partial charge in [0.05, 0.1) is 6.04 Å². The maximum Gasteiger partial charge on any atom is 0.405 e. The predicted molar refractivity (Wildman–Crippen MR) is 59.9 cm³/mol. The third-order valence-electron chi connectivity index (χ3n) is 2.05. The number of carbonyl (C=O) groups is 1. The van der Waals surface area contributed by atoms with Crippen LogP contribution in [0.5, 0.6) is 0 Å². The quantitative estimate of drug-likeness (QED) is 0.864. The highest BCUT2D eigenvalue weighted by Crippen LogP contribution is 2.21. The van der Waals surface area contributed by atoms with Crippen molar-refractivity contribution in [1.82, 2.24) is 10.6 Å². The summed E-state index contributed by atoms with van der Waals surface area (Å²) in [5.41, 5.74) is 0. The largest absolute Gasteiger partial charge is 0.405 e. The monoisotopic (exact) mass is 266 g/mol. The van der Waals surface area contributed by atoms with Gasteiger partial charge in [0.25, 0.3) is 0 Å². The van der Waals surface area contributed by atoms with Crippen LogP contribution in [0.1, 0.15) is 24.3 Å². The molecule has 0 aliphatic heterocycles. The van der Waals surface area contributed by atoms with Crippen molar-refractivity contribution in [3.63, 3.8) is 0 Å². The molecule has 1 aromatic rings. The lowest BCUT2D eigenvalue weighted by atomic mass is 10.2. The standard InChI is InChI=1S/C10H13F3N2OS/c1-2-7(8-4-3-5-17-8)15-9(16)14-6-10(11,12)13/h3-5,7H,2,6H2,1H3,(H2,14,15,16). The Labute approximate surface area is 101 Å². The maximum absolute atomic E-state index is 11.9. The van der Waals surface area contributed by atoms with Crippen LogP contribution in [-0.4, -0.2) is 18.8 Å². The highest BCUT2D eigenvalue weighted by molar-refractivity contribution is 7.10. The van der Waals surface area contributed by atoms with Gasteiger partial charge in [-0.1, -0.05) is 13.0 Å². The minimum atomic E-state index is -4.39. The minimum Gasteiger partial charge on any atom is -0.331 e. The summed E-state index contributed by atoms with van der Waals surface area (Å²) in [6.07, 6.45) is -3.76. The maximum atomic E-state index is 11.9. The van der Waals surface area contributed by atoms with Gasteiger partial charge < -0.3 is 10.6 Å². The molecule has 96 valence electrons. The summed E-state index contributed by atoms with van der Waals surface area (Å²) in [4.78, 5) is 12.2. The Morgan fingerprint density at radius 1 is 1.53 bits per heavy atom. The lowest BCUT2D eigenvalue weighted by Crippen LogP contribution is -2.42. The molecule has 0 saturated carbocycles. The molecule has 0 radical (unpaired) electrons. The first-order valence-corrected chi connectivity index (χ1v) is 5.95. The fraction of sp³-hybridized carbons (Fsp3) is 0.500. The van der Waals surface area contributed by atoms with E-state index in [1.54, 1.807) is 5.32 Å². The van der Waals surface area contributed by atoms with Crippen molar-refractivity contribution < 1.29 is 18.0 Å². The average Bonchev–Trinajstić information content (AvgIpc) is 2.75. The van der Waals surface area contributed by atoms with Crippen LogP contribution in [0.15, 0.2) is 17.5 Å². The molecule has 0 fully saturated rings. The number of carbonyl (C=O) groups excluding carboxylic acids is 1. The molecule has 1 unspecified atom stereocenters. The van der Waals surface area contributed by atoms with Gasteiger partial charge in [0, 0.05) is 4.88 Å². The van der Waals surface area contributed by atoms with Crippen LogP contribution in [-0.2, 0) is 0 Å². The van der Waals surface area contributed by atoms with Gasteiger partial charge in [-0.05, 0) is 17.9 Å². The van der Waals surface area contributed by atoms with Crippen LogP contribution < -0.4 is 10.6 Å². The van der Waals surface area contributed by atoms with E-state index < -0.39 is 18.8 Å². The van der Waals surface area contributed by atoms with E-state index in [1.165, 1.54) is 11.3 Å². The summed E-state index contributed by atoms with van der Waals surface area (Å²) >= 11 is 1.46. The number of hydrogen-bond acceptors (Lipinski definition) is 2. The molecule has 0 aliphatic carbocycles. The van der Waals surface area contributed by atoms with Crippen molar-refractivity contribution in [3.05, 3.63) is 22.4 Å². The van der Waals surface area contributed by atoms with Crippen molar-refractivity contribution in [3.8, 4) is 0 Å². The Bertz CT molecular complexity index is 351. The highest BCUT2D eigenvalue weighted by Gasteiger charge is 2.28. The molecule has 0 aromatic carbocycles. The summed E-state index contributed by atoms with van der Waals surface area (Å²) in [5.74, 6) is 0. The Kier molecular flexibility index (Phi) is 4.80. The van der Waals surface area contributed by atoms with E-state index in [4.69, 9.17) is 0 Å². The first-order valence-electron chi connectivity index (χ1n) is 5.07. The van der Waals surface area contributed by atoms with E-state index in [0.717, 1.165) is 4.88 Å². The summed E-state index contributed by atoms with van der Waals surface area (Å²) in [5, 5.41) is 6.14. The van der Waals surface area contributed by atoms with Gasteiger partial charge in [-0.25, -0.2) is 4.79 Å². The molecule has 0 saturated heterocycles. The summed E-state index contributed by atoms with van der Waals surface area (Å²) in [6, 6.07) is 2.62. The van der Waals surface area contributed by atoms with E-state index in [0.29, 0.717) is 6.42 Å². The number of thiophene rings is 1. The van der Waals surface area contributed by atoms with Crippen molar-refractivity contribution in [2.24, 2.45) is 0 Å². The van der Waals surface area contributed by atoms with E-state index in [1.807, 2.05) is 24.4 Å². The number of alkyl halides is 3. The number of hydrogen-bond donors (Lipinski definition) is 2. The molecule has 2 N–H and O–H groups in total. The Morgan fingerprint density at radius 2 is 2.24 bits per heavy atom. The van der Waals surface area contributed by atoms with Gasteiger partial charge >= 0.3 is 12.2 Å². The number of nitrogens with one attached hydrogen (secondary N) is 2. The average molecular weight is 266 g/mol. The molecule has 0 bridgehead atoms. The summed E-state index contributed by atoms with van der Waals surface area (Å²) in [7, 11) is 0. The highest BCUT2D eigenvalue weighted by atomic mass is 32.1. The summed E-state index contributed by atoms with van der Waals surface area (Å²) in [6.45, 7) is 0.536. The first kappa shape index (κ1) is 13.8. The molecule has 1 atom stereocenters. The zero-order valence-electron chi connectivity index (χ0n) is 9.17. The van der Waals surface area contributed by atoms with Gasteiger partial charge in [-0.2, -0.15) is 13.2 Å². The van der Waals surface area contributed by atoms with Crippen LogP contribution in [0.4, 0.5) is 18.0 Å². The lowest BCUT2D eigenvalue weighted by Gasteiger charge is -2.16. The topological polar surface area (TPSA) is 41.1 Å². The van der Waals surface area contributed by atoms with Gasteiger partial charge in [0.1, 0.15) is 6.54 Å². The SMILES string of the molecule is CCC(NC(=O)NCC(F)(F)F)c1cccs1. The lowest BCUT2D eigenvalue weighted by molar-refractivity contribution is -0.122. The Balaban J connectivity index is 2.44. The molecule has 1 aromatic heterocycles. The number of rotatable bonds is 4. The normalized spacial score (nSPS) is 13.2. The fourth-order valence-electron chi connectivity index (χ4n) is 1.25. The van der Waals surface area contributed by atoms with Crippen LogP contribution in [0.3, 0.4) is 0 Å². The number of amides is 2. The van der Waals surface area contributed by atoms with Crippen molar-refractivity contribution in [2.75, 3.05) is 6.54 Å². The predicted octanol–water partition coefficient (Wildman–Crippen LogP) is 3.06. The third kappa shape index (κ3) is 5.08. The van der Waals surface area contributed by atoms with Gasteiger partial charge in [0.2, 0.25) is 0 Å². The molecule has 0 aliphatic rings. The van der Waals surface area contributed by atoms with Crippen molar-refractivity contribution >= 4 is 17.4 Å². The molecule has 17 heavy (non-hydrogen) atoms. The van der Waals surface area contributed by atoms with E-state index >= 15 is 0 Å². The fourth-order valence-corrected chi connectivity index (χ4v) is 2.11. The number of halogens is 3. The second kappa shape index (κ2) is 5.90. The van der Waals surface area contributed by atoms with E-state index in [9.17, 15) is 18.0 Å². The minimum absolute atomic E-state index is 0.247. The van der Waals surface area contributed by atoms with Crippen molar-refractivity contribution in [1.29, 1.82) is 0 Å². The van der Waals surface area contributed by atoms with Crippen molar-refractivity contribution in [2.45, 2.75) is 25.6 Å². The molecular weight excluding hydrogens is 253 g/mol. The molecule has 1 heterocycles. The zero-order chi connectivity index (χ0) is 12.9. The summed E-state index contributed by atoms with van der Waals surface area (Å²) < 4.78 is 35.6. The first-order chi connectivity index (χ1) is 7.92. The smallest absolute Gasteiger partial charge is 0.331 e. The van der Waals surface area contributed by atoms with E-state index in [2.05, 4.69) is 5.32 Å².